The lowest BCUT2D eigenvalue weighted by molar-refractivity contribution is -0.113. The first kappa shape index (κ1) is 12.6. The lowest BCUT2D eigenvalue weighted by Crippen LogP contribution is -2.51. The Labute approximate surface area is 114 Å². The van der Waals surface area contributed by atoms with Crippen LogP contribution in [0, 0.1) is 5.41 Å². The highest BCUT2D eigenvalue weighted by Crippen LogP contribution is 2.36. The fraction of sp³-hybridized carbons (Fsp3) is 0.533. The molecule has 4 nitrogen and oxygen atoms in total. The van der Waals surface area contributed by atoms with Gasteiger partial charge in [-0.25, -0.2) is 0 Å². The van der Waals surface area contributed by atoms with Crippen LogP contribution in [0.5, 0.6) is 0 Å². The lowest BCUT2D eigenvalue weighted by Gasteiger charge is -2.37. The zero-order valence-corrected chi connectivity index (χ0v) is 11.5. The second-order valence-corrected chi connectivity index (χ2v) is 5.63. The van der Waals surface area contributed by atoms with Crippen molar-refractivity contribution in [3.8, 4) is 0 Å². The number of hydrogen-bond acceptors (Lipinski definition) is 4. The number of hydrogen-bond donors (Lipinski definition) is 0. The highest BCUT2D eigenvalue weighted by Gasteiger charge is 2.46. The van der Waals surface area contributed by atoms with Crippen LogP contribution in [0.15, 0.2) is 35.5 Å². The summed E-state index contributed by atoms with van der Waals surface area (Å²) in [7, 11) is 0. The zero-order chi connectivity index (χ0) is 13.3. The van der Waals surface area contributed by atoms with Crippen molar-refractivity contribution in [3.05, 3.63) is 35.9 Å². The molecule has 1 saturated heterocycles. The summed E-state index contributed by atoms with van der Waals surface area (Å²) in [5.41, 5.74) is 2.06. The number of rotatable bonds is 2. The molecule has 1 atom stereocenters. The molecule has 0 saturated carbocycles. The van der Waals surface area contributed by atoms with Gasteiger partial charge in [0, 0.05) is 18.7 Å². The molecule has 0 amide bonds. The van der Waals surface area contributed by atoms with E-state index in [2.05, 4.69) is 36.0 Å². The second kappa shape index (κ2) is 4.94. The molecule has 0 bridgehead atoms. The summed E-state index contributed by atoms with van der Waals surface area (Å²) in [4.78, 5) is 8.06. The van der Waals surface area contributed by atoms with Crippen molar-refractivity contribution < 1.29 is 9.57 Å². The number of ether oxygens (including phenoxy) is 1. The third kappa shape index (κ3) is 2.26. The third-order valence-corrected chi connectivity index (χ3v) is 3.90. The molecule has 1 aromatic carbocycles. The highest BCUT2D eigenvalue weighted by atomic mass is 16.7. The van der Waals surface area contributed by atoms with Gasteiger partial charge >= 0.3 is 0 Å². The van der Waals surface area contributed by atoms with Crippen LogP contribution in [-0.2, 0) is 9.57 Å². The molecule has 1 aromatic rings. The average molecular weight is 260 g/mol. The fourth-order valence-corrected chi connectivity index (χ4v) is 2.82. The number of oxime groups is 1. The molecule has 4 heteroatoms. The van der Waals surface area contributed by atoms with E-state index in [0.717, 1.165) is 37.6 Å². The van der Waals surface area contributed by atoms with Crippen molar-refractivity contribution in [2.45, 2.75) is 20.1 Å². The minimum absolute atomic E-state index is 0.00612. The molecule has 3 rings (SSSR count). The quantitative estimate of drug-likeness (QED) is 0.816. The Balaban J connectivity index is 1.82. The molecule has 0 radical (unpaired) electrons. The molecule has 2 aliphatic rings. The minimum atomic E-state index is -0.112. The van der Waals surface area contributed by atoms with Gasteiger partial charge in [0.15, 0.2) is 6.23 Å². The standard InChI is InChI=1S/C15H20N2O2/c1-15(2)13(12-6-4-3-5-7-12)16-19-14(15)17-8-10-18-11-9-17/h3-7,14H,8-11H2,1-2H3. The van der Waals surface area contributed by atoms with Crippen LogP contribution >= 0.6 is 0 Å². The maximum atomic E-state index is 5.73. The number of morpholine rings is 1. The van der Waals surface area contributed by atoms with E-state index in [4.69, 9.17) is 9.57 Å². The molecule has 0 aliphatic carbocycles. The van der Waals surface area contributed by atoms with Crippen LogP contribution in [0.2, 0.25) is 0 Å². The fourth-order valence-electron chi connectivity index (χ4n) is 2.82. The predicted molar refractivity (Wildman–Crippen MR) is 74.0 cm³/mol. The molecule has 1 unspecified atom stereocenters. The van der Waals surface area contributed by atoms with E-state index in [0.29, 0.717) is 0 Å². The van der Waals surface area contributed by atoms with Crippen LogP contribution in [-0.4, -0.2) is 43.1 Å². The molecule has 2 aliphatic heterocycles. The van der Waals surface area contributed by atoms with Crippen LogP contribution in [0.1, 0.15) is 19.4 Å². The van der Waals surface area contributed by atoms with E-state index in [9.17, 15) is 0 Å². The smallest absolute Gasteiger partial charge is 0.192 e. The van der Waals surface area contributed by atoms with Gasteiger partial charge in [0.1, 0.15) is 0 Å². The maximum absolute atomic E-state index is 5.73. The third-order valence-electron chi connectivity index (χ3n) is 3.90. The molecular weight excluding hydrogens is 240 g/mol. The first-order chi connectivity index (χ1) is 9.19. The maximum Gasteiger partial charge on any atom is 0.192 e. The lowest BCUT2D eigenvalue weighted by atomic mass is 9.81. The molecule has 0 N–H and O–H groups in total. The van der Waals surface area contributed by atoms with Gasteiger partial charge in [0.05, 0.1) is 24.3 Å². The summed E-state index contributed by atoms with van der Waals surface area (Å²) < 4.78 is 5.40. The Bertz CT molecular complexity index is 464. The van der Waals surface area contributed by atoms with Crippen molar-refractivity contribution in [2.75, 3.05) is 26.3 Å². The van der Waals surface area contributed by atoms with Crippen molar-refractivity contribution in [1.82, 2.24) is 4.90 Å². The van der Waals surface area contributed by atoms with Gasteiger partial charge in [0.25, 0.3) is 0 Å². The van der Waals surface area contributed by atoms with E-state index in [1.54, 1.807) is 0 Å². The summed E-state index contributed by atoms with van der Waals surface area (Å²) in [6.07, 6.45) is 0.00612. The molecule has 1 fully saturated rings. The summed E-state index contributed by atoms with van der Waals surface area (Å²) in [5.74, 6) is 0. The van der Waals surface area contributed by atoms with E-state index in [1.807, 2.05) is 18.2 Å². The normalized spacial score (nSPS) is 26.8. The van der Waals surface area contributed by atoms with Crippen molar-refractivity contribution in [3.63, 3.8) is 0 Å². The van der Waals surface area contributed by atoms with Crippen molar-refractivity contribution in [2.24, 2.45) is 10.6 Å². The van der Waals surface area contributed by atoms with E-state index in [1.165, 1.54) is 0 Å². The van der Waals surface area contributed by atoms with Gasteiger partial charge < -0.3 is 9.57 Å². The molecule has 0 spiro atoms. The first-order valence-electron chi connectivity index (χ1n) is 6.81. The highest BCUT2D eigenvalue weighted by molar-refractivity contribution is 6.05. The molecule has 2 heterocycles. The summed E-state index contributed by atoms with van der Waals surface area (Å²) in [6.45, 7) is 7.77. The Kier molecular flexibility index (Phi) is 3.29. The van der Waals surface area contributed by atoms with Gasteiger partial charge in [0.2, 0.25) is 0 Å². The Morgan fingerprint density at radius 1 is 1.16 bits per heavy atom. The predicted octanol–water partition coefficient (Wildman–Crippen LogP) is 2.11. The van der Waals surface area contributed by atoms with Crippen LogP contribution in [0.3, 0.4) is 0 Å². The molecule has 0 aromatic heterocycles. The van der Waals surface area contributed by atoms with E-state index < -0.39 is 0 Å². The SMILES string of the molecule is CC1(C)C(c2ccccc2)=NOC1N1CCOCC1. The average Bonchev–Trinajstić information content (AvgIpc) is 2.76. The van der Waals surface area contributed by atoms with Gasteiger partial charge in [-0.15, -0.1) is 0 Å². The monoisotopic (exact) mass is 260 g/mol. The van der Waals surface area contributed by atoms with E-state index >= 15 is 0 Å². The molecular formula is C15H20N2O2. The molecule has 102 valence electrons. The first-order valence-corrected chi connectivity index (χ1v) is 6.81. The summed E-state index contributed by atoms with van der Waals surface area (Å²) in [5, 5.41) is 4.35. The van der Waals surface area contributed by atoms with Gasteiger partial charge in [-0.1, -0.05) is 35.5 Å². The van der Waals surface area contributed by atoms with Gasteiger partial charge in [-0.2, -0.15) is 0 Å². The zero-order valence-electron chi connectivity index (χ0n) is 11.5. The van der Waals surface area contributed by atoms with Gasteiger partial charge in [-0.05, 0) is 13.8 Å². The van der Waals surface area contributed by atoms with Crippen molar-refractivity contribution in [1.29, 1.82) is 0 Å². The summed E-state index contributed by atoms with van der Waals surface area (Å²) in [6, 6.07) is 10.3. The topological polar surface area (TPSA) is 34.1 Å². The summed E-state index contributed by atoms with van der Waals surface area (Å²) >= 11 is 0. The molecule has 19 heavy (non-hydrogen) atoms. The van der Waals surface area contributed by atoms with Crippen molar-refractivity contribution >= 4 is 5.71 Å². The van der Waals surface area contributed by atoms with E-state index in [-0.39, 0.29) is 11.6 Å². The number of nitrogens with zero attached hydrogens (tertiary/aromatic N) is 2. The van der Waals surface area contributed by atoms with Crippen LogP contribution in [0.25, 0.3) is 0 Å². The van der Waals surface area contributed by atoms with Gasteiger partial charge in [-0.3, -0.25) is 4.90 Å². The Morgan fingerprint density at radius 2 is 1.84 bits per heavy atom. The Morgan fingerprint density at radius 3 is 2.53 bits per heavy atom. The minimum Gasteiger partial charge on any atom is -0.379 e. The Hall–Kier alpha value is -1.39. The van der Waals surface area contributed by atoms with Crippen LogP contribution in [0.4, 0.5) is 0 Å². The largest absolute Gasteiger partial charge is 0.379 e. The van der Waals surface area contributed by atoms with Crippen LogP contribution < -0.4 is 0 Å². The number of benzene rings is 1. The second-order valence-electron chi connectivity index (χ2n) is 5.63.